The predicted molar refractivity (Wildman–Crippen MR) is 76.0 cm³/mol. The third kappa shape index (κ3) is 6.73. The number of aliphatic hydroxyl groups excluding tert-OH is 2. The van der Waals surface area contributed by atoms with Crippen LogP contribution in [0.1, 0.15) is 59.3 Å². The SMILES string of the molecule is CCCC(CCCCCO)C(O)C(C)=C(C)C(=O)O. The third-order valence-electron chi connectivity index (χ3n) is 3.69. The highest BCUT2D eigenvalue weighted by Gasteiger charge is 2.22. The van der Waals surface area contributed by atoms with Gasteiger partial charge in [0.25, 0.3) is 0 Å². The van der Waals surface area contributed by atoms with E-state index in [1.807, 2.05) is 0 Å². The lowest BCUT2D eigenvalue weighted by Gasteiger charge is -2.24. The van der Waals surface area contributed by atoms with Crippen LogP contribution in [0.2, 0.25) is 0 Å². The molecule has 0 aliphatic heterocycles. The van der Waals surface area contributed by atoms with Crippen LogP contribution in [0.5, 0.6) is 0 Å². The van der Waals surface area contributed by atoms with Crippen LogP contribution in [0, 0.1) is 5.92 Å². The molecule has 2 unspecified atom stereocenters. The van der Waals surface area contributed by atoms with E-state index < -0.39 is 12.1 Å². The molecule has 0 aromatic rings. The van der Waals surface area contributed by atoms with Crippen molar-refractivity contribution in [1.29, 1.82) is 0 Å². The number of rotatable bonds is 10. The van der Waals surface area contributed by atoms with Gasteiger partial charge in [-0.15, -0.1) is 0 Å². The van der Waals surface area contributed by atoms with Crippen LogP contribution in [0.4, 0.5) is 0 Å². The van der Waals surface area contributed by atoms with Gasteiger partial charge < -0.3 is 15.3 Å². The first-order valence-electron chi connectivity index (χ1n) is 7.15. The maximum Gasteiger partial charge on any atom is 0.331 e. The highest BCUT2D eigenvalue weighted by Crippen LogP contribution is 2.25. The van der Waals surface area contributed by atoms with Gasteiger partial charge in [0.15, 0.2) is 0 Å². The molecule has 4 heteroatoms. The summed E-state index contributed by atoms with van der Waals surface area (Å²) in [6.45, 7) is 5.51. The second kappa shape index (κ2) is 9.98. The van der Waals surface area contributed by atoms with Crippen molar-refractivity contribution in [3.63, 3.8) is 0 Å². The smallest absolute Gasteiger partial charge is 0.331 e. The fourth-order valence-electron chi connectivity index (χ4n) is 2.27. The standard InChI is InChI=1S/C15H28O4/c1-4-8-13(9-6-5-7-10-16)14(17)11(2)12(3)15(18)19/h13-14,16-17H,4-10H2,1-3H3,(H,18,19). The zero-order valence-electron chi connectivity index (χ0n) is 12.4. The Balaban J connectivity index is 4.59. The van der Waals surface area contributed by atoms with E-state index in [-0.39, 0.29) is 18.1 Å². The molecule has 0 heterocycles. The first kappa shape index (κ1) is 18.1. The summed E-state index contributed by atoms with van der Waals surface area (Å²) in [7, 11) is 0. The fraction of sp³-hybridized carbons (Fsp3) is 0.800. The first-order valence-corrected chi connectivity index (χ1v) is 7.15. The number of carboxylic acid groups (broad SMARTS) is 1. The van der Waals surface area contributed by atoms with Crippen LogP contribution in [0.3, 0.4) is 0 Å². The normalized spacial score (nSPS) is 15.8. The van der Waals surface area contributed by atoms with Gasteiger partial charge in [-0.25, -0.2) is 4.79 Å². The van der Waals surface area contributed by atoms with Crippen molar-refractivity contribution in [3.05, 3.63) is 11.1 Å². The summed E-state index contributed by atoms with van der Waals surface area (Å²) in [6.07, 6.45) is 4.76. The summed E-state index contributed by atoms with van der Waals surface area (Å²) in [5, 5.41) is 28.0. The van der Waals surface area contributed by atoms with Gasteiger partial charge in [-0.3, -0.25) is 0 Å². The molecule has 4 nitrogen and oxygen atoms in total. The van der Waals surface area contributed by atoms with E-state index in [4.69, 9.17) is 10.2 Å². The maximum absolute atomic E-state index is 10.9. The molecule has 0 saturated heterocycles. The molecule has 0 spiro atoms. The van der Waals surface area contributed by atoms with E-state index in [0.717, 1.165) is 38.5 Å². The van der Waals surface area contributed by atoms with Gasteiger partial charge in [0.05, 0.1) is 6.10 Å². The monoisotopic (exact) mass is 272 g/mol. The Bertz CT molecular complexity index is 297. The lowest BCUT2D eigenvalue weighted by atomic mass is 9.86. The molecule has 0 amide bonds. The molecule has 2 atom stereocenters. The van der Waals surface area contributed by atoms with Gasteiger partial charge in [0, 0.05) is 12.2 Å². The van der Waals surface area contributed by atoms with Crippen molar-refractivity contribution in [3.8, 4) is 0 Å². The lowest BCUT2D eigenvalue weighted by Crippen LogP contribution is -2.23. The van der Waals surface area contributed by atoms with Crippen LogP contribution < -0.4 is 0 Å². The molecule has 0 aliphatic rings. The highest BCUT2D eigenvalue weighted by molar-refractivity contribution is 5.86. The summed E-state index contributed by atoms with van der Waals surface area (Å²) >= 11 is 0. The third-order valence-corrected chi connectivity index (χ3v) is 3.69. The first-order chi connectivity index (χ1) is 8.95. The molecule has 0 bridgehead atoms. The Hall–Kier alpha value is -0.870. The van der Waals surface area contributed by atoms with Gasteiger partial charge in [-0.1, -0.05) is 26.2 Å². The molecule has 0 aromatic carbocycles. The van der Waals surface area contributed by atoms with E-state index in [2.05, 4.69) is 6.92 Å². The van der Waals surface area contributed by atoms with Gasteiger partial charge in [-0.05, 0) is 44.6 Å². The molecule has 0 aromatic heterocycles. The van der Waals surface area contributed by atoms with E-state index in [0.29, 0.717) is 5.57 Å². The number of aliphatic hydroxyl groups is 2. The molecule has 0 aliphatic carbocycles. The van der Waals surface area contributed by atoms with Crippen molar-refractivity contribution < 1.29 is 20.1 Å². The number of carbonyl (C=O) groups is 1. The minimum absolute atomic E-state index is 0.109. The summed E-state index contributed by atoms with van der Waals surface area (Å²) in [5.41, 5.74) is 0.803. The predicted octanol–water partition coefficient (Wildman–Crippen LogP) is 2.74. The van der Waals surface area contributed by atoms with Crippen molar-refractivity contribution >= 4 is 5.97 Å². The van der Waals surface area contributed by atoms with Crippen molar-refractivity contribution in [2.45, 2.75) is 65.4 Å². The molecule has 3 N–H and O–H groups in total. The Morgan fingerprint density at radius 1 is 1.11 bits per heavy atom. The largest absolute Gasteiger partial charge is 0.478 e. The maximum atomic E-state index is 10.9. The van der Waals surface area contributed by atoms with Crippen molar-refractivity contribution in [2.75, 3.05) is 6.61 Å². The van der Waals surface area contributed by atoms with Crippen LogP contribution in [0.15, 0.2) is 11.1 Å². The Morgan fingerprint density at radius 2 is 1.74 bits per heavy atom. The number of aliphatic carboxylic acids is 1. The molecule has 19 heavy (non-hydrogen) atoms. The average molecular weight is 272 g/mol. The molecule has 0 rings (SSSR count). The Labute approximate surface area is 116 Å². The zero-order valence-corrected chi connectivity index (χ0v) is 12.4. The van der Waals surface area contributed by atoms with Crippen molar-refractivity contribution in [1.82, 2.24) is 0 Å². The van der Waals surface area contributed by atoms with Gasteiger partial charge in [-0.2, -0.15) is 0 Å². The van der Waals surface area contributed by atoms with Gasteiger partial charge in [0.2, 0.25) is 0 Å². The summed E-state index contributed by atoms with van der Waals surface area (Å²) < 4.78 is 0. The topological polar surface area (TPSA) is 77.8 Å². The minimum atomic E-state index is -0.966. The summed E-state index contributed by atoms with van der Waals surface area (Å²) in [5.74, 6) is -0.856. The summed E-state index contributed by atoms with van der Waals surface area (Å²) in [4.78, 5) is 10.9. The van der Waals surface area contributed by atoms with E-state index >= 15 is 0 Å². The molecule has 112 valence electrons. The van der Waals surface area contributed by atoms with Crippen molar-refractivity contribution in [2.24, 2.45) is 5.92 Å². The molecule has 0 fully saturated rings. The molecular formula is C15H28O4. The fourth-order valence-corrected chi connectivity index (χ4v) is 2.27. The molecular weight excluding hydrogens is 244 g/mol. The zero-order chi connectivity index (χ0) is 14.8. The molecule has 0 radical (unpaired) electrons. The Kier molecular flexibility index (Phi) is 9.53. The number of hydrogen-bond acceptors (Lipinski definition) is 3. The highest BCUT2D eigenvalue weighted by atomic mass is 16.4. The summed E-state index contributed by atoms with van der Waals surface area (Å²) in [6, 6.07) is 0. The number of unbranched alkanes of at least 4 members (excludes halogenated alkanes) is 2. The quantitative estimate of drug-likeness (QED) is 0.422. The van der Waals surface area contributed by atoms with Crippen LogP contribution >= 0.6 is 0 Å². The van der Waals surface area contributed by atoms with Gasteiger partial charge >= 0.3 is 5.97 Å². The second-order valence-corrected chi connectivity index (χ2v) is 5.18. The lowest BCUT2D eigenvalue weighted by molar-refractivity contribution is -0.132. The van der Waals surface area contributed by atoms with E-state index in [1.54, 1.807) is 6.92 Å². The number of hydrogen-bond donors (Lipinski definition) is 3. The van der Waals surface area contributed by atoms with Gasteiger partial charge in [0.1, 0.15) is 0 Å². The number of carboxylic acids is 1. The minimum Gasteiger partial charge on any atom is -0.478 e. The van der Waals surface area contributed by atoms with Crippen LogP contribution in [-0.2, 0) is 4.79 Å². The van der Waals surface area contributed by atoms with E-state index in [9.17, 15) is 9.90 Å². The molecule has 0 saturated carbocycles. The Morgan fingerprint density at radius 3 is 2.21 bits per heavy atom. The van der Waals surface area contributed by atoms with Crippen LogP contribution in [-0.4, -0.2) is 34.0 Å². The van der Waals surface area contributed by atoms with Crippen LogP contribution in [0.25, 0.3) is 0 Å². The average Bonchev–Trinajstić information content (AvgIpc) is 2.39. The van der Waals surface area contributed by atoms with E-state index in [1.165, 1.54) is 6.92 Å². The second-order valence-electron chi connectivity index (χ2n) is 5.18.